The van der Waals surface area contributed by atoms with Gasteiger partial charge in [-0.3, -0.25) is 4.79 Å². The van der Waals surface area contributed by atoms with Crippen LogP contribution < -0.4 is 10.6 Å². The number of piperidine rings is 1. The molecular weight excluding hydrogens is 204 g/mol. The van der Waals surface area contributed by atoms with Crippen molar-refractivity contribution in [1.29, 1.82) is 0 Å². The van der Waals surface area contributed by atoms with E-state index in [1.54, 1.807) is 0 Å². The molecule has 94 valence electrons. The second-order valence-electron chi connectivity index (χ2n) is 4.78. The maximum Gasteiger partial charge on any atom is 0.222 e. The number of carbonyl (C=O) groups is 1. The average Bonchev–Trinajstić information content (AvgIpc) is 2.28. The first-order valence-corrected chi connectivity index (χ1v) is 6.21. The first-order chi connectivity index (χ1) is 7.66. The van der Waals surface area contributed by atoms with E-state index in [1.807, 2.05) is 6.92 Å². The van der Waals surface area contributed by atoms with E-state index in [-0.39, 0.29) is 11.3 Å². The van der Waals surface area contributed by atoms with E-state index in [4.69, 9.17) is 4.74 Å². The van der Waals surface area contributed by atoms with Crippen molar-refractivity contribution in [3.8, 4) is 0 Å². The Morgan fingerprint density at radius 1 is 1.44 bits per heavy atom. The smallest absolute Gasteiger partial charge is 0.222 e. The molecule has 0 atom stereocenters. The molecule has 1 saturated heterocycles. The Labute approximate surface area is 98.1 Å². The molecule has 0 aromatic heterocycles. The molecular formula is C12H24N2O2. The van der Waals surface area contributed by atoms with Crippen molar-refractivity contribution in [3.63, 3.8) is 0 Å². The Balaban J connectivity index is 2.14. The van der Waals surface area contributed by atoms with Gasteiger partial charge in [-0.05, 0) is 38.3 Å². The third-order valence-corrected chi connectivity index (χ3v) is 3.20. The largest absolute Gasteiger partial charge is 0.381 e. The van der Waals surface area contributed by atoms with Crippen molar-refractivity contribution < 1.29 is 9.53 Å². The van der Waals surface area contributed by atoms with Gasteiger partial charge in [-0.15, -0.1) is 0 Å². The van der Waals surface area contributed by atoms with E-state index in [0.29, 0.717) is 19.6 Å². The van der Waals surface area contributed by atoms with Crippen molar-refractivity contribution in [2.24, 2.45) is 5.41 Å². The predicted molar refractivity (Wildman–Crippen MR) is 64.3 cm³/mol. The zero-order chi connectivity index (χ0) is 11.9. The molecule has 1 heterocycles. The highest BCUT2D eigenvalue weighted by Gasteiger charge is 2.26. The zero-order valence-corrected chi connectivity index (χ0v) is 10.5. The molecule has 0 aliphatic carbocycles. The number of carbonyl (C=O) groups excluding carboxylic acids is 1. The summed E-state index contributed by atoms with van der Waals surface area (Å²) in [5.41, 5.74) is 0.270. The number of hydrogen-bond donors (Lipinski definition) is 2. The minimum atomic E-state index is 0.105. The van der Waals surface area contributed by atoms with Crippen LogP contribution in [0.1, 0.15) is 33.1 Å². The van der Waals surface area contributed by atoms with Gasteiger partial charge in [0.25, 0.3) is 0 Å². The van der Waals surface area contributed by atoms with Gasteiger partial charge in [0.2, 0.25) is 5.91 Å². The van der Waals surface area contributed by atoms with Gasteiger partial charge in [-0.2, -0.15) is 0 Å². The van der Waals surface area contributed by atoms with Crippen molar-refractivity contribution in [2.45, 2.75) is 33.1 Å². The summed E-state index contributed by atoms with van der Waals surface area (Å²) in [6.45, 7) is 8.30. The summed E-state index contributed by atoms with van der Waals surface area (Å²) in [7, 11) is 0. The second-order valence-corrected chi connectivity index (χ2v) is 4.78. The third-order valence-electron chi connectivity index (χ3n) is 3.20. The van der Waals surface area contributed by atoms with Crippen LogP contribution in [-0.4, -0.2) is 38.8 Å². The summed E-state index contributed by atoms with van der Waals surface area (Å²) in [6, 6.07) is 0. The molecule has 1 rings (SSSR count). The predicted octanol–water partition coefficient (Wildman–Crippen LogP) is 0.919. The molecule has 4 heteroatoms. The van der Waals surface area contributed by atoms with E-state index >= 15 is 0 Å². The Morgan fingerprint density at radius 2 is 2.12 bits per heavy atom. The molecule has 0 aromatic carbocycles. The summed E-state index contributed by atoms with van der Waals surface area (Å²) >= 11 is 0. The van der Waals surface area contributed by atoms with Crippen LogP contribution in [0.3, 0.4) is 0 Å². The van der Waals surface area contributed by atoms with Crippen molar-refractivity contribution >= 4 is 5.91 Å². The fourth-order valence-corrected chi connectivity index (χ4v) is 1.92. The number of ether oxygens (including phenoxy) is 1. The Kier molecular flexibility index (Phi) is 5.77. The van der Waals surface area contributed by atoms with Gasteiger partial charge in [-0.25, -0.2) is 0 Å². The van der Waals surface area contributed by atoms with Crippen LogP contribution in [0.15, 0.2) is 0 Å². The average molecular weight is 228 g/mol. The fraction of sp³-hybridized carbons (Fsp3) is 0.917. The SMILES string of the molecule is CCOCCC(=O)NCC1(C)CCNCC1. The Morgan fingerprint density at radius 3 is 2.75 bits per heavy atom. The highest BCUT2D eigenvalue weighted by atomic mass is 16.5. The molecule has 2 N–H and O–H groups in total. The van der Waals surface area contributed by atoms with Crippen LogP contribution >= 0.6 is 0 Å². The molecule has 16 heavy (non-hydrogen) atoms. The van der Waals surface area contributed by atoms with Gasteiger partial charge in [0.1, 0.15) is 0 Å². The van der Waals surface area contributed by atoms with Crippen LogP contribution in [0, 0.1) is 5.41 Å². The van der Waals surface area contributed by atoms with Gasteiger partial charge < -0.3 is 15.4 Å². The molecule has 0 bridgehead atoms. The van der Waals surface area contributed by atoms with Gasteiger partial charge in [0, 0.05) is 19.6 Å². The number of rotatable bonds is 6. The first-order valence-electron chi connectivity index (χ1n) is 6.21. The normalized spacial score (nSPS) is 19.4. The lowest BCUT2D eigenvalue weighted by Crippen LogP contribution is -2.43. The maximum absolute atomic E-state index is 11.5. The fourth-order valence-electron chi connectivity index (χ4n) is 1.92. The third kappa shape index (κ3) is 4.94. The molecule has 0 radical (unpaired) electrons. The summed E-state index contributed by atoms with van der Waals surface area (Å²) in [5.74, 6) is 0.105. The molecule has 0 saturated carbocycles. The van der Waals surface area contributed by atoms with E-state index in [2.05, 4.69) is 17.6 Å². The van der Waals surface area contributed by atoms with E-state index in [9.17, 15) is 4.79 Å². The summed E-state index contributed by atoms with van der Waals surface area (Å²) in [4.78, 5) is 11.5. The van der Waals surface area contributed by atoms with Crippen molar-refractivity contribution in [1.82, 2.24) is 10.6 Å². The molecule has 0 unspecified atom stereocenters. The monoisotopic (exact) mass is 228 g/mol. The Hall–Kier alpha value is -0.610. The second kappa shape index (κ2) is 6.86. The number of amides is 1. The molecule has 0 spiro atoms. The van der Waals surface area contributed by atoms with Crippen LogP contribution in [0.5, 0.6) is 0 Å². The van der Waals surface area contributed by atoms with E-state index in [1.165, 1.54) is 0 Å². The summed E-state index contributed by atoms with van der Waals surface area (Å²) in [6.07, 6.45) is 2.75. The van der Waals surface area contributed by atoms with Gasteiger partial charge in [0.05, 0.1) is 6.61 Å². The van der Waals surface area contributed by atoms with Crippen LogP contribution in [-0.2, 0) is 9.53 Å². The molecule has 1 aliphatic heterocycles. The standard InChI is InChI=1S/C12H24N2O2/c1-3-16-9-4-11(15)14-10-12(2)5-7-13-8-6-12/h13H,3-10H2,1-2H3,(H,14,15). The highest BCUT2D eigenvalue weighted by Crippen LogP contribution is 2.26. The van der Waals surface area contributed by atoms with Crippen LogP contribution in [0.25, 0.3) is 0 Å². The number of nitrogens with one attached hydrogen (secondary N) is 2. The summed E-state index contributed by atoms with van der Waals surface area (Å²) in [5, 5.41) is 6.34. The maximum atomic E-state index is 11.5. The van der Waals surface area contributed by atoms with Crippen molar-refractivity contribution in [2.75, 3.05) is 32.8 Å². The lowest BCUT2D eigenvalue weighted by molar-refractivity contribution is -0.122. The minimum Gasteiger partial charge on any atom is -0.381 e. The zero-order valence-electron chi connectivity index (χ0n) is 10.5. The quantitative estimate of drug-likeness (QED) is 0.665. The van der Waals surface area contributed by atoms with E-state index < -0.39 is 0 Å². The highest BCUT2D eigenvalue weighted by molar-refractivity contribution is 5.75. The van der Waals surface area contributed by atoms with Crippen LogP contribution in [0.2, 0.25) is 0 Å². The lowest BCUT2D eigenvalue weighted by atomic mass is 9.81. The van der Waals surface area contributed by atoms with Gasteiger partial charge in [0.15, 0.2) is 0 Å². The minimum absolute atomic E-state index is 0.105. The summed E-state index contributed by atoms with van der Waals surface area (Å²) < 4.78 is 5.15. The van der Waals surface area contributed by atoms with Crippen molar-refractivity contribution in [3.05, 3.63) is 0 Å². The Bertz CT molecular complexity index is 213. The lowest BCUT2D eigenvalue weighted by Gasteiger charge is -2.34. The van der Waals surface area contributed by atoms with E-state index in [0.717, 1.165) is 32.5 Å². The van der Waals surface area contributed by atoms with Crippen LogP contribution in [0.4, 0.5) is 0 Å². The molecule has 1 amide bonds. The molecule has 1 fully saturated rings. The molecule has 1 aliphatic rings. The molecule has 0 aromatic rings. The topological polar surface area (TPSA) is 50.4 Å². The number of hydrogen-bond acceptors (Lipinski definition) is 3. The van der Waals surface area contributed by atoms with Gasteiger partial charge in [-0.1, -0.05) is 6.92 Å². The first kappa shape index (κ1) is 13.5. The molecule has 4 nitrogen and oxygen atoms in total. The van der Waals surface area contributed by atoms with Gasteiger partial charge >= 0.3 is 0 Å².